The van der Waals surface area contributed by atoms with E-state index in [-0.39, 0.29) is 5.75 Å². The second-order valence-corrected chi connectivity index (χ2v) is 6.68. The van der Waals surface area contributed by atoms with Gasteiger partial charge in [0.15, 0.2) is 5.82 Å². The number of hydrogen-bond acceptors (Lipinski definition) is 6. The van der Waals surface area contributed by atoms with Gasteiger partial charge in [-0.15, -0.1) is 18.3 Å². The van der Waals surface area contributed by atoms with Crippen LogP contribution in [-0.2, 0) is 6.54 Å². The van der Waals surface area contributed by atoms with Crippen molar-refractivity contribution < 1.29 is 17.9 Å². The van der Waals surface area contributed by atoms with E-state index in [1.807, 2.05) is 13.8 Å². The van der Waals surface area contributed by atoms with Crippen LogP contribution in [-0.4, -0.2) is 47.6 Å². The third kappa shape index (κ3) is 4.70. The van der Waals surface area contributed by atoms with E-state index >= 15 is 0 Å². The summed E-state index contributed by atoms with van der Waals surface area (Å²) in [5, 5.41) is 17.8. The Morgan fingerprint density at radius 2 is 1.71 bits per heavy atom. The molecule has 3 rings (SSSR count). The molecule has 1 fully saturated rings. The van der Waals surface area contributed by atoms with E-state index in [0.29, 0.717) is 31.0 Å². The van der Waals surface area contributed by atoms with Crippen molar-refractivity contribution in [1.29, 1.82) is 5.26 Å². The molecule has 6 nitrogen and oxygen atoms in total. The van der Waals surface area contributed by atoms with E-state index in [4.69, 9.17) is 0 Å². The summed E-state index contributed by atoms with van der Waals surface area (Å²) < 4.78 is 40.6. The fourth-order valence-corrected chi connectivity index (χ4v) is 3.12. The van der Waals surface area contributed by atoms with Crippen molar-refractivity contribution in [2.24, 2.45) is 0 Å². The molecular weight excluding hydrogens is 371 g/mol. The number of benzene rings is 1. The number of nitrogens with zero attached hydrogens (tertiary/aromatic N) is 5. The predicted octanol–water partition coefficient (Wildman–Crippen LogP) is 3.19. The number of rotatable bonds is 4. The molecule has 0 N–H and O–H groups in total. The lowest BCUT2D eigenvalue weighted by molar-refractivity contribution is -0.274. The number of halogens is 3. The zero-order chi connectivity index (χ0) is 20.3. The van der Waals surface area contributed by atoms with Gasteiger partial charge in [-0.25, -0.2) is 0 Å². The number of aromatic nitrogens is 2. The molecule has 1 aromatic carbocycles. The van der Waals surface area contributed by atoms with Crippen molar-refractivity contribution in [3.8, 4) is 11.8 Å². The maximum Gasteiger partial charge on any atom is 0.573 e. The Balaban J connectivity index is 1.59. The van der Waals surface area contributed by atoms with Crippen molar-refractivity contribution in [3.63, 3.8) is 0 Å². The molecule has 0 spiro atoms. The van der Waals surface area contributed by atoms with Crippen molar-refractivity contribution in [3.05, 3.63) is 46.6 Å². The normalized spacial score (nSPS) is 15.4. The summed E-state index contributed by atoms with van der Waals surface area (Å²) in [4.78, 5) is 4.26. The van der Waals surface area contributed by atoms with Crippen LogP contribution in [0.1, 0.15) is 22.4 Å². The monoisotopic (exact) mass is 391 g/mol. The molecule has 1 aromatic heterocycles. The minimum atomic E-state index is -4.68. The van der Waals surface area contributed by atoms with Crippen molar-refractivity contribution in [2.45, 2.75) is 26.8 Å². The summed E-state index contributed by atoms with van der Waals surface area (Å²) in [6.07, 6.45) is -4.68. The molecule has 1 saturated heterocycles. The van der Waals surface area contributed by atoms with E-state index in [2.05, 4.69) is 30.8 Å². The molecule has 1 aliphatic heterocycles. The van der Waals surface area contributed by atoms with Gasteiger partial charge in [-0.2, -0.15) is 10.4 Å². The van der Waals surface area contributed by atoms with Gasteiger partial charge in [0.25, 0.3) is 0 Å². The first kappa shape index (κ1) is 19.9. The minimum absolute atomic E-state index is 0.224. The van der Waals surface area contributed by atoms with Crippen LogP contribution in [0.15, 0.2) is 24.3 Å². The lowest BCUT2D eigenvalue weighted by atomic mass is 10.1. The Labute approximate surface area is 161 Å². The van der Waals surface area contributed by atoms with Crippen LogP contribution in [0, 0.1) is 25.2 Å². The van der Waals surface area contributed by atoms with Crippen LogP contribution < -0.4 is 9.64 Å². The minimum Gasteiger partial charge on any atom is -0.406 e. The van der Waals surface area contributed by atoms with E-state index in [0.717, 1.165) is 29.9 Å². The van der Waals surface area contributed by atoms with Gasteiger partial charge in [0.2, 0.25) is 0 Å². The van der Waals surface area contributed by atoms with Crippen molar-refractivity contribution >= 4 is 5.82 Å². The van der Waals surface area contributed by atoms with E-state index in [9.17, 15) is 18.4 Å². The molecule has 2 heterocycles. The molecule has 0 bridgehead atoms. The van der Waals surface area contributed by atoms with Gasteiger partial charge in [-0.3, -0.25) is 4.90 Å². The molecule has 0 saturated carbocycles. The van der Waals surface area contributed by atoms with Crippen molar-refractivity contribution in [1.82, 2.24) is 15.1 Å². The van der Waals surface area contributed by atoms with Crippen LogP contribution in [0.25, 0.3) is 0 Å². The van der Waals surface area contributed by atoms with Gasteiger partial charge in [0, 0.05) is 32.7 Å². The molecule has 0 radical (unpaired) electrons. The largest absolute Gasteiger partial charge is 0.573 e. The summed E-state index contributed by atoms with van der Waals surface area (Å²) in [5.41, 5.74) is 3.06. The predicted molar refractivity (Wildman–Crippen MR) is 96.8 cm³/mol. The third-order valence-corrected chi connectivity index (χ3v) is 4.78. The fourth-order valence-electron chi connectivity index (χ4n) is 3.12. The molecule has 28 heavy (non-hydrogen) atoms. The highest BCUT2D eigenvalue weighted by molar-refractivity contribution is 5.57. The Bertz CT molecular complexity index is 869. The van der Waals surface area contributed by atoms with Crippen LogP contribution in [0.3, 0.4) is 0 Å². The highest BCUT2D eigenvalue weighted by atomic mass is 19.4. The average Bonchev–Trinajstić information content (AvgIpc) is 2.65. The van der Waals surface area contributed by atoms with E-state index in [1.54, 1.807) is 12.1 Å². The van der Waals surface area contributed by atoms with Gasteiger partial charge in [-0.05, 0) is 37.1 Å². The van der Waals surface area contributed by atoms with Gasteiger partial charge in [0.05, 0.1) is 5.69 Å². The SMILES string of the molecule is Cc1nnc(N2CCN(Cc3ccc(OC(F)(F)F)cc3)CC2)c(C#N)c1C. The Morgan fingerprint density at radius 3 is 2.29 bits per heavy atom. The number of nitriles is 1. The average molecular weight is 391 g/mol. The van der Waals surface area contributed by atoms with Crippen molar-refractivity contribution in [2.75, 3.05) is 31.1 Å². The third-order valence-electron chi connectivity index (χ3n) is 4.78. The maximum atomic E-state index is 12.2. The summed E-state index contributed by atoms with van der Waals surface area (Å²) in [6.45, 7) is 7.22. The molecule has 0 atom stereocenters. The van der Waals surface area contributed by atoms with Gasteiger partial charge in [0.1, 0.15) is 17.4 Å². The van der Waals surface area contributed by atoms with Crippen LogP contribution in [0.5, 0.6) is 5.75 Å². The zero-order valence-electron chi connectivity index (χ0n) is 15.6. The van der Waals surface area contributed by atoms with E-state index < -0.39 is 6.36 Å². The number of alkyl halides is 3. The molecule has 0 amide bonds. The smallest absolute Gasteiger partial charge is 0.406 e. The van der Waals surface area contributed by atoms with E-state index in [1.165, 1.54) is 12.1 Å². The Kier molecular flexibility index (Phi) is 5.70. The number of ether oxygens (including phenoxy) is 1. The molecule has 0 aliphatic carbocycles. The summed E-state index contributed by atoms with van der Waals surface area (Å²) in [5.74, 6) is 0.386. The lowest BCUT2D eigenvalue weighted by Crippen LogP contribution is -2.46. The zero-order valence-corrected chi connectivity index (χ0v) is 15.6. The number of piperazine rings is 1. The quantitative estimate of drug-likeness (QED) is 0.798. The highest BCUT2D eigenvalue weighted by Gasteiger charge is 2.31. The van der Waals surface area contributed by atoms with Gasteiger partial charge in [-0.1, -0.05) is 12.1 Å². The highest BCUT2D eigenvalue weighted by Crippen LogP contribution is 2.24. The summed E-state index contributed by atoms with van der Waals surface area (Å²) >= 11 is 0. The summed E-state index contributed by atoms with van der Waals surface area (Å²) in [7, 11) is 0. The Morgan fingerprint density at radius 1 is 1.07 bits per heavy atom. The first-order chi connectivity index (χ1) is 13.3. The lowest BCUT2D eigenvalue weighted by Gasteiger charge is -2.35. The summed E-state index contributed by atoms with van der Waals surface area (Å²) in [6, 6.07) is 8.14. The van der Waals surface area contributed by atoms with Crippen LogP contribution >= 0.6 is 0 Å². The maximum absolute atomic E-state index is 12.2. The topological polar surface area (TPSA) is 65.3 Å². The van der Waals surface area contributed by atoms with Crippen LogP contribution in [0.4, 0.5) is 19.0 Å². The first-order valence-corrected chi connectivity index (χ1v) is 8.83. The number of aryl methyl sites for hydroxylation is 1. The molecular formula is C19H20F3N5O. The van der Waals surface area contributed by atoms with Crippen LogP contribution in [0.2, 0.25) is 0 Å². The second-order valence-electron chi connectivity index (χ2n) is 6.68. The second kappa shape index (κ2) is 8.02. The number of hydrogen-bond donors (Lipinski definition) is 0. The molecule has 148 valence electrons. The Hall–Kier alpha value is -2.86. The number of anilines is 1. The molecule has 2 aromatic rings. The molecule has 9 heteroatoms. The standard InChI is InChI=1S/C19H20F3N5O/c1-13-14(2)24-25-18(17(13)11-23)27-9-7-26(8-10-27)12-15-3-5-16(6-4-15)28-19(20,21)22/h3-6H,7-10,12H2,1-2H3. The molecule has 1 aliphatic rings. The van der Waals surface area contributed by atoms with Gasteiger partial charge >= 0.3 is 6.36 Å². The van der Waals surface area contributed by atoms with Gasteiger partial charge < -0.3 is 9.64 Å². The molecule has 0 unspecified atom stereocenters. The first-order valence-electron chi connectivity index (χ1n) is 8.83. The fraction of sp³-hybridized carbons (Fsp3) is 0.421.